The fourth-order valence-electron chi connectivity index (χ4n) is 3.06. The van der Waals surface area contributed by atoms with Crippen LogP contribution >= 0.6 is 11.8 Å². The van der Waals surface area contributed by atoms with Gasteiger partial charge in [-0.25, -0.2) is 0 Å². The number of benzene rings is 1. The van der Waals surface area contributed by atoms with E-state index >= 15 is 0 Å². The average molecular weight is 276 g/mol. The van der Waals surface area contributed by atoms with E-state index in [1.54, 1.807) is 0 Å². The van der Waals surface area contributed by atoms with Crippen molar-refractivity contribution in [1.29, 1.82) is 0 Å². The van der Waals surface area contributed by atoms with Gasteiger partial charge in [-0.2, -0.15) is 0 Å². The highest BCUT2D eigenvalue weighted by Crippen LogP contribution is 2.43. The molecule has 2 aromatic rings. The molecule has 1 aliphatic heterocycles. The largest absolute Gasteiger partial charge is 0.376 e. The van der Waals surface area contributed by atoms with E-state index in [9.17, 15) is 5.11 Å². The van der Waals surface area contributed by atoms with Gasteiger partial charge in [0.15, 0.2) is 0 Å². The minimum atomic E-state index is 0.0670. The van der Waals surface area contributed by atoms with Crippen molar-refractivity contribution in [2.45, 2.75) is 24.1 Å². The molecule has 1 unspecified atom stereocenters. The predicted octanol–water partition coefficient (Wildman–Crippen LogP) is 2.73. The van der Waals surface area contributed by atoms with Gasteiger partial charge in [0.2, 0.25) is 0 Å². The summed E-state index contributed by atoms with van der Waals surface area (Å²) in [6, 6.07) is 8.44. The molecule has 0 aliphatic carbocycles. The van der Waals surface area contributed by atoms with Gasteiger partial charge < -0.3 is 14.6 Å². The van der Waals surface area contributed by atoms with Crippen molar-refractivity contribution in [3.63, 3.8) is 0 Å². The van der Waals surface area contributed by atoms with Gasteiger partial charge in [0.1, 0.15) is 6.73 Å². The zero-order chi connectivity index (χ0) is 13.4. The van der Waals surface area contributed by atoms with Crippen LogP contribution in [0.15, 0.2) is 29.3 Å². The van der Waals surface area contributed by atoms with Crippen molar-refractivity contribution in [2.24, 2.45) is 0 Å². The molecular formula is C15H20N2OS. The summed E-state index contributed by atoms with van der Waals surface area (Å²) in [6.45, 7) is 1.14. The third-order valence-electron chi connectivity index (χ3n) is 3.80. The highest BCUT2D eigenvalue weighted by molar-refractivity contribution is 7.99. The van der Waals surface area contributed by atoms with Crippen LogP contribution in [0, 0.1) is 0 Å². The first-order valence-electron chi connectivity index (χ1n) is 6.72. The maximum Gasteiger partial charge on any atom is 0.120 e. The van der Waals surface area contributed by atoms with E-state index in [-0.39, 0.29) is 6.73 Å². The van der Waals surface area contributed by atoms with Gasteiger partial charge in [-0.15, -0.1) is 11.8 Å². The molecule has 19 heavy (non-hydrogen) atoms. The van der Waals surface area contributed by atoms with Crippen LogP contribution in [0.1, 0.15) is 17.9 Å². The average Bonchev–Trinajstić information content (AvgIpc) is 2.72. The fourth-order valence-corrected chi connectivity index (χ4v) is 4.40. The molecule has 1 atom stereocenters. The lowest BCUT2D eigenvalue weighted by Crippen LogP contribution is -2.23. The Kier molecular flexibility index (Phi) is 3.56. The van der Waals surface area contributed by atoms with Crippen molar-refractivity contribution >= 4 is 22.7 Å². The topological polar surface area (TPSA) is 28.4 Å². The summed E-state index contributed by atoms with van der Waals surface area (Å²) in [5, 5.41) is 12.3. The minimum Gasteiger partial charge on any atom is -0.376 e. The molecule has 1 aromatic carbocycles. The first-order chi connectivity index (χ1) is 9.22. The van der Waals surface area contributed by atoms with Crippen molar-refractivity contribution in [3.05, 3.63) is 29.8 Å². The number of thioether (sulfide) groups is 1. The molecule has 0 amide bonds. The number of likely N-dealkylation sites (N-methyl/N-ethyl adjacent to an activating group) is 1. The van der Waals surface area contributed by atoms with Crippen molar-refractivity contribution < 1.29 is 5.11 Å². The molecule has 0 saturated heterocycles. The number of nitrogens with zero attached hydrogens (tertiary/aromatic N) is 2. The van der Waals surface area contributed by atoms with Crippen LogP contribution in [-0.2, 0) is 6.73 Å². The van der Waals surface area contributed by atoms with Gasteiger partial charge in [-0.3, -0.25) is 0 Å². The summed E-state index contributed by atoms with van der Waals surface area (Å²) in [7, 11) is 4.26. The molecule has 0 spiro atoms. The molecular weight excluding hydrogens is 256 g/mol. The van der Waals surface area contributed by atoms with Crippen LogP contribution in [0.4, 0.5) is 0 Å². The zero-order valence-corrected chi connectivity index (χ0v) is 12.3. The summed E-state index contributed by atoms with van der Waals surface area (Å²) in [6.07, 6.45) is 1.22. The van der Waals surface area contributed by atoms with E-state index in [1.807, 2.05) is 17.8 Å². The third-order valence-corrected chi connectivity index (χ3v) is 4.95. The van der Waals surface area contributed by atoms with Gasteiger partial charge in [0, 0.05) is 23.6 Å². The number of fused-ring (bicyclic) bond motifs is 3. The number of hydrogen-bond donors (Lipinski definition) is 1. The Balaban J connectivity index is 2.19. The third kappa shape index (κ3) is 2.18. The standard InChI is InChI=1S/C15H20N2OS/c1-16(2)9-11-7-8-19-15-14(11)12-5-3-4-6-13(12)17(15)10-18/h3-6,11,18H,7-10H2,1-2H3. The van der Waals surface area contributed by atoms with Crippen LogP contribution in [0.2, 0.25) is 0 Å². The number of aliphatic hydroxyl groups excluding tert-OH is 1. The molecule has 102 valence electrons. The Morgan fingerprint density at radius 2 is 2.16 bits per heavy atom. The minimum absolute atomic E-state index is 0.0670. The Hall–Kier alpha value is -0.970. The molecule has 3 nitrogen and oxygen atoms in total. The number of rotatable bonds is 3. The van der Waals surface area contributed by atoms with Crippen LogP contribution in [0.5, 0.6) is 0 Å². The molecule has 1 aliphatic rings. The monoisotopic (exact) mass is 276 g/mol. The summed E-state index contributed by atoms with van der Waals surface area (Å²) in [5.74, 6) is 1.71. The van der Waals surface area contributed by atoms with Crippen molar-refractivity contribution in [2.75, 3.05) is 26.4 Å². The summed E-state index contributed by atoms with van der Waals surface area (Å²) < 4.78 is 2.05. The second-order valence-electron chi connectivity index (χ2n) is 5.40. The van der Waals surface area contributed by atoms with E-state index in [0.717, 1.165) is 17.8 Å². The smallest absolute Gasteiger partial charge is 0.120 e. The summed E-state index contributed by atoms with van der Waals surface area (Å²) >= 11 is 1.88. The lowest BCUT2D eigenvalue weighted by molar-refractivity contribution is 0.205. The highest BCUT2D eigenvalue weighted by atomic mass is 32.2. The predicted molar refractivity (Wildman–Crippen MR) is 80.8 cm³/mol. The molecule has 3 rings (SSSR count). The molecule has 4 heteroatoms. The van der Waals surface area contributed by atoms with Crippen LogP contribution in [0.25, 0.3) is 10.9 Å². The Bertz CT molecular complexity index is 591. The maximum absolute atomic E-state index is 9.69. The number of aromatic nitrogens is 1. The van der Waals surface area contributed by atoms with Gasteiger partial charge in [0.25, 0.3) is 0 Å². The Morgan fingerprint density at radius 3 is 2.89 bits per heavy atom. The second-order valence-corrected chi connectivity index (χ2v) is 6.49. The number of para-hydroxylation sites is 1. The van der Waals surface area contributed by atoms with E-state index in [0.29, 0.717) is 5.92 Å². The van der Waals surface area contributed by atoms with Crippen LogP contribution in [-0.4, -0.2) is 41.0 Å². The molecule has 0 radical (unpaired) electrons. The van der Waals surface area contributed by atoms with Crippen molar-refractivity contribution in [3.8, 4) is 0 Å². The highest BCUT2D eigenvalue weighted by Gasteiger charge is 2.27. The Morgan fingerprint density at radius 1 is 1.37 bits per heavy atom. The van der Waals surface area contributed by atoms with Crippen LogP contribution in [0.3, 0.4) is 0 Å². The van der Waals surface area contributed by atoms with Gasteiger partial charge in [-0.05, 0) is 32.1 Å². The molecule has 0 bridgehead atoms. The lowest BCUT2D eigenvalue weighted by Gasteiger charge is -2.26. The van der Waals surface area contributed by atoms with E-state index in [4.69, 9.17) is 0 Å². The van der Waals surface area contributed by atoms with E-state index in [1.165, 1.54) is 22.4 Å². The summed E-state index contributed by atoms with van der Waals surface area (Å²) in [5.41, 5.74) is 2.60. The molecule has 1 N–H and O–H groups in total. The summed E-state index contributed by atoms with van der Waals surface area (Å²) in [4.78, 5) is 2.26. The lowest BCUT2D eigenvalue weighted by atomic mass is 9.95. The first kappa shape index (κ1) is 13.0. The first-order valence-corrected chi connectivity index (χ1v) is 7.70. The number of aliphatic hydroxyl groups is 1. The maximum atomic E-state index is 9.69. The second kappa shape index (κ2) is 5.19. The molecule has 0 fully saturated rings. The van der Waals surface area contributed by atoms with Gasteiger partial charge >= 0.3 is 0 Å². The SMILES string of the molecule is CN(C)CC1CCSc2c1c1ccccc1n2CO. The van der Waals surface area contributed by atoms with Crippen LogP contribution < -0.4 is 0 Å². The quantitative estimate of drug-likeness (QED) is 0.934. The molecule has 0 saturated carbocycles. The van der Waals surface area contributed by atoms with E-state index in [2.05, 4.69) is 41.8 Å². The Labute approximate surface area is 118 Å². The molecule has 2 heterocycles. The zero-order valence-electron chi connectivity index (χ0n) is 11.5. The fraction of sp³-hybridized carbons (Fsp3) is 0.467. The molecule has 1 aromatic heterocycles. The normalized spacial score (nSPS) is 19.1. The van der Waals surface area contributed by atoms with Gasteiger partial charge in [-0.1, -0.05) is 18.2 Å². The number of hydrogen-bond acceptors (Lipinski definition) is 3. The van der Waals surface area contributed by atoms with E-state index < -0.39 is 0 Å². The van der Waals surface area contributed by atoms with Gasteiger partial charge in [0.05, 0.1) is 10.5 Å². The van der Waals surface area contributed by atoms with Crippen molar-refractivity contribution in [1.82, 2.24) is 9.47 Å².